The van der Waals surface area contributed by atoms with E-state index in [-0.39, 0.29) is 34.1 Å². The molecule has 1 aliphatic heterocycles. The summed E-state index contributed by atoms with van der Waals surface area (Å²) in [5, 5.41) is -0.349. The number of anilines is 1. The van der Waals surface area contributed by atoms with Crippen LogP contribution in [0.1, 0.15) is 35.4 Å². The standard InChI is InChI=1S/C24H23ClF2N4O2/c1-13(21-18(26)5-6-19(27)22(21)25)33-20-10-16(11-30-23(20)29)14-3-2-4-15(9-14)24(32)31-8-7-17(28)12-31/h2-6,9-11,13,17H,7-8,12,28H2,1H3,(H2,29,30). The van der Waals surface area contributed by atoms with Crippen molar-refractivity contribution in [2.75, 3.05) is 18.8 Å². The average Bonchev–Trinajstić information content (AvgIpc) is 3.24. The molecule has 2 aromatic carbocycles. The number of amides is 1. The maximum Gasteiger partial charge on any atom is 0.253 e. The number of nitrogens with two attached hydrogens (primary N) is 2. The molecule has 0 radical (unpaired) electrons. The minimum Gasteiger partial charge on any atom is -0.482 e. The number of halogens is 3. The number of benzene rings is 2. The van der Waals surface area contributed by atoms with Crippen LogP contribution in [0.3, 0.4) is 0 Å². The predicted octanol–water partition coefficient (Wildman–Crippen LogP) is 4.58. The molecule has 1 aliphatic rings. The van der Waals surface area contributed by atoms with Gasteiger partial charge in [0.05, 0.1) is 5.02 Å². The molecule has 3 aromatic rings. The molecule has 0 bridgehead atoms. The second-order valence-corrected chi connectivity index (χ2v) is 8.38. The lowest BCUT2D eigenvalue weighted by molar-refractivity contribution is 0.0791. The third-order valence-corrected chi connectivity index (χ3v) is 6.01. The highest BCUT2D eigenvalue weighted by Crippen LogP contribution is 2.35. The monoisotopic (exact) mass is 472 g/mol. The lowest BCUT2D eigenvalue weighted by Gasteiger charge is -2.19. The molecule has 4 rings (SSSR count). The fourth-order valence-corrected chi connectivity index (χ4v) is 4.17. The largest absolute Gasteiger partial charge is 0.482 e. The van der Waals surface area contributed by atoms with E-state index in [2.05, 4.69) is 4.98 Å². The number of nitrogen functional groups attached to an aromatic ring is 1. The SMILES string of the molecule is CC(Oc1cc(-c2cccc(C(=O)N3CCC(N)C3)c2)cnc1N)c1c(F)ccc(F)c1Cl. The van der Waals surface area contributed by atoms with Crippen molar-refractivity contribution in [2.45, 2.75) is 25.5 Å². The van der Waals surface area contributed by atoms with Crippen LogP contribution in [0.15, 0.2) is 48.7 Å². The summed E-state index contributed by atoms with van der Waals surface area (Å²) < 4.78 is 33.9. The van der Waals surface area contributed by atoms with Crippen LogP contribution in [0.25, 0.3) is 11.1 Å². The molecule has 0 spiro atoms. The number of nitrogens with zero attached hydrogens (tertiary/aromatic N) is 2. The van der Waals surface area contributed by atoms with Gasteiger partial charge in [-0.15, -0.1) is 0 Å². The van der Waals surface area contributed by atoms with E-state index >= 15 is 0 Å². The normalized spacial score (nSPS) is 16.6. The number of rotatable bonds is 5. The smallest absolute Gasteiger partial charge is 0.253 e. The Morgan fingerprint density at radius 2 is 1.97 bits per heavy atom. The van der Waals surface area contributed by atoms with E-state index in [4.69, 9.17) is 27.8 Å². The van der Waals surface area contributed by atoms with Crippen LogP contribution in [-0.2, 0) is 0 Å². The minimum absolute atomic E-state index is 0.00319. The minimum atomic E-state index is -0.931. The highest BCUT2D eigenvalue weighted by Gasteiger charge is 2.25. The Balaban J connectivity index is 1.61. The molecule has 2 atom stereocenters. The van der Waals surface area contributed by atoms with Crippen LogP contribution >= 0.6 is 11.6 Å². The summed E-state index contributed by atoms with van der Waals surface area (Å²) >= 11 is 5.95. The van der Waals surface area contributed by atoms with Gasteiger partial charge in [-0.05, 0) is 49.2 Å². The molecule has 6 nitrogen and oxygen atoms in total. The first-order valence-corrected chi connectivity index (χ1v) is 10.8. The van der Waals surface area contributed by atoms with E-state index in [1.165, 1.54) is 6.92 Å². The summed E-state index contributed by atoms with van der Waals surface area (Å²) in [6, 6.07) is 10.7. The number of hydrogen-bond donors (Lipinski definition) is 2. The zero-order valence-electron chi connectivity index (χ0n) is 17.9. The summed E-state index contributed by atoms with van der Waals surface area (Å²) in [5.74, 6) is -1.26. The Labute approximate surface area is 195 Å². The first-order valence-electron chi connectivity index (χ1n) is 10.5. The highest BCUT2D eigenvalue weighted by molar-refractivity contribution is 6.31. The number of aromatic nitrogens is 1. The van der Waals surface area contributed by atoms with Gasteiger partial charge in [0.25, 0.3) is 5.91 Å². The molecule has 4 N–H and O–H groups in total. The number of hydrogen-bond acceptors (Lipinski definition) is 5. The highest BCUT2D eigenvalue weighted by atomic mass is 35.5. The van der Waals surface area contributed by atoms with Gasteiger partial charge in [0.15, 0.2) is 11.6 Å². The number of pyridine rings is 1. The number of carbonyl (C=O) groups is 1. The van der Waals surface area contributed by atoms with Gasteiger partial charge in [0, 0.05) is 42.0 Å². The van der Waals surface area contributed by atoms with E-state index in [1.54, 1.807) is 35.4 Å². The second kappa shape index (κ2) is 9.33. The Morgan fingerprint density at radius 1 is 1.21 bits per heavy atom. The molecule has 33 heavy (non-hydrogen) atoms. The van der Waals surface area contributed by atoms with Crippen molar-refractivity contribution in [3.8, 4) is 16.9 Å². The van der Waals surface area contributed by atoms with E-state index in [1.807, 2.05) is 6.07 Å². The van der Waals surface area contributed by atoms with Gasteiger partial charge < -0.3 is 21.1 Å². The topological polar surface area (TPSA) is 94.5 Å². The third kappa shape index (κ3) is 4.77. The van der Waals surface area contributed by atoms with E-state index < -0.39 is 17.7 Å². The van der Waals surface area contributed by atoms with Gasteiger partial charge in [-0.25, -0.2) is 13.8 Å². The van der Waals surface area contributed by atoms with Gasteiger partial charge in [0.2, 0.25) is 0 Å². The summed E-state index contributed by atoms with van der Waals surface area (Å²) in [7, 11) is 0. The second-order valence-electron chi connectivity index (χ2n) is 8.01. The van der Waals surface area contributed by atoms with E-state index in [0.717, 1.165) is 24.1 Å². The fourth-order valence-electron chi connectivity index (χ4n) is 3.86. The molecule has 1 amide bonds. The Kier molecular flexibility index (Phi) is 6.49. The van der Waals surface area contributed by atoms with Gasteiger partial charge in [-0.1, -0.05) is 23.7 Å². The van der Waals surface area contributed by atoms with Crippen molar-refractivity contribution in [3.05, 3.63) is 76.4 Å². The molecule has 1 aromatic heterocycles. The lowest BCUT2D eigenvalue weighted by Crippen LogP contribution is -2.31. The fraction of sp³-hybridized carbons (Fsp3) is 0.250. The first kappa shape index (κ1) is 22.9. The zero-order valence-corrected chi connectivity index (χ0v) is 18.7. The van der Waals surface area contributed by atoms with Crippen molar-refractivity contribution in [1.82, 2.24) is 9.88 Å². The Morgan fingerprint density at radius 3 is 2.70 bits per heavy atom. The molecule has 1 saturated heterocycles. The molecule has 2 heterocycles. The maximum atomic E-state index is 14.3. The van der Waals surface area contributed by atoms with E-state index in [0.29, 0.717) is 24.2 Å². The molecule has 2 unspecified atom stereocenters. The van der Waals surface area contributed by atoms with Crippen molar-refractivity contribution in [1.29, 1.82) is 0 Å². The van der Waals surface area contributed by atoms with E-state index in [9.17, 15) is 13.6 Å². The molecule has 0 aliphatic carbocycles. The average molecular weight is 473 g/mol. The summed E-state index contributed by atoms with van der Waals surface area (Å²) in [4.78, 5) is 18.7. The molecule has 9 heteroatoms. The van der Waals surface area contributed by atoms with Crippen molar-refractivity contribution < 1.29 is 18.3 Å². The molecular formula is C24H23ClF2N4O2. The first-order chi connectivity index (χ1) is 15.7. The van der Waals surface area contributed by atoms with Gasteiger partial charge in [-0.2, -0.15) is 0 Å². The van der Waals surface area contributed by atoms with Crippen molar-refractivity contribution in [2.24, 2.45) is 5.73 Å². The quantitative estimate of drug-likeness (QED) is 0.530. The molecule has 1 fully saturated rings. The van der Waals surface area contributed by atoms with Crippen LogP contribution in [0.5, 0.6) is 5.75 Å². The summed E-state index contributed by atoms with van der Waals surface area (Å²) in [5.41, 5.74) is 13.7. The Hall–Kier alpha value is -3.23. The number of carbonyl (C=O) groups excluding carboxylic acids is 1. The third-order valence-electron chi connectivity index (χ3n) is 5.63. The molecular weight excluding hydrogens is 450 g/mol. The van der Waals surface area contributed by atoms with Gasteiger partial charge in [-0.3, -0.25) is 4.79 Å². The number of ether oxygens (including phenoxy) is 1. The van der Waals surface area contributed by atoms with Crippen molar-refractivity contribution >= 4 is 23.3 Å². The summed E-state index contributed by atoms with van der Waals surface area (Å²) in [6.45, 7) is 2.69. The van der Waals surface area contributed by atoms with Gasteiger partial charge >= 0.3 is 0 Å². The summed E-state index contributed by atoms with van der Waals surface area (Å²) in [6.07, 6.45) is 1.40. The zero-order chi connectivity index (χ0) is 23.7. The number of likely N-dealkylation sites (tertiary alicyclic amines) is 1. The maximum absolute atomic E-state index is 14.3. The van der Waals surface area contributed by atoms with Crippen LogP contribution in [-0.4, -0.2) is 34.9 Å². The van der Waals surface area contributed by atoms with Crippen molar-refractivity contribution in [3.63, 3.8) is 0 Å². The van der Waals surface area contributed by atoms with Crippen LogP contribution in [0.2, 0.25) is 5.02 Å². The molecule has 172 valence electrons. The van der Waals surface area contributed by atoms with Gasteiger partial charge in [0.1, 0.15) is 17.7 Å². The predicted molar refractivity (Wildman–Crippen MR) is 123 cm³/mol. The van der Waals surface area contributed by atoms with Crippen LogP contribution in [0, 0.1) is 11.6 Å². The lowest BCUT2D eigenvalue weighted by atomic mass is 10.0. The Bertz CT molecular complexity index is 1210. The molecule has 0 saturated carbocycles. The van der Waals surface area contributed by atoms with Crippen LogP contribution < -0.4 is 16.2 Å². The van der Waals surface area contributed by atoms with Crippen LogP contribution in [0.4, 0.5) is 14.6 Å².